The van der Waals surface area contributed by atoms with E-state index in [2.05, 4.69) is 29.7 Å². The van der Waals surface area contributed by atoms with Crippen molar-refractivity contribution in [3.8, 4) is 0 Å². The first-order valence-electron chi connectivity index (χ1n) is 6.98. The minimum Gasteiger partial charge on any atom is -0.445 e. The standard InChI is InChI=1S/C15H20N2O3/c1-2-3-4-11-5-7-12(8-6-11)10-20-15(19)17-13-9-16-14(13)18/h5-8,13H,2-4,9-10H2,1H3,(H,16,18)(H,17,19)/t13-/m0/s1. The minimum absolute atomic E-state index is 0.165. The number of unbranched alkanes of at least 4 members (excludes halogenated alkanes) is 1. The lowest BCUT2D eigenvalue weighted by Gasteiger charge is -2.26. The summed E-state index contributed by atoms with van der Waals surface area (Å²) in [6.07, 6.45) is 2.89. The zero-order valence-corrected chi connectivity index (χ0v) is 11.6. The molecule has 0 aliphatic carbocycles. The van der Waals surface area contributed by atoms with Crippen molar-refractivity contribution < 1.29 is 14.3 Å². The highest BCUT2D eigenvalue weighted by Gasteiger charge is 2.29. The van der Waals surface area contributed by atoms with Crippen LogP contribution in [0.4, 0.5) is 4.79 Å². The van der Waals surface area contributed by atoms with Gasteiger partial charge in [-0.1, -0.05) is 37.6 Å². The van der Waals surface area contributed by atoms with Crippen LogP contribution >= 0.6 is 0 Å². The Labute approximate surface area is 118 Å². The third-order valence-electron chi connectivity index (χ3n) is 3.30. The lowest BCUT2D eigenvalue weighted by atomic mass is 10.1. The van der Waals surface area contributed by atoms with Gasteiger partial charge in [-0.3, -0.25) is 4.79 Å². The highest BCUT2D eigenvalue weighted by molar-refractivity contribution is 5.90. The first kappa shape index (κ1) is 14.4. The van der Waals surface area contributed by atoms with Gasteiger partial charge in [0.25, 0.3) is 0 Å². The van der Waals surface area contributed by atoms with Crippen LogP contribution in [-0.2, 0) is 22.6 Å². The van der Waals surface area contributed by atoms with Gasteiger partial charge in [0.15, 0.2) is 0 Å². The molecule has 20 heavy (non-hydrogen) atoms. The van der Waals surface area contributed by atoms with Gasteiger partial charge in [-0.2, -0.15) is 0 Å². The molecule has 108 valence electrons. The van der Waals surface area contributed by atoms with Crippen LogP contribution in [0.5, 0.6) is 0 Å². The zero-order valence-electron chi connectivity index (χ0n) is 11.6. The number of alkyl carbamates (subject to hydrolysis) is 1. The van der Waals surface area contributed by atoms with Gasteiger partial charge in [0.1, 0.15) is 12.6 Å². The largest absolute Gasteiger partial charge is 0.445 e. The summed E-state index contributed by atoms with van der Waals surface area (Å²) in [6.45, 7) is 2.86. The van der Waals surface area contributed by atoms with Gasteiger partial charge in [-0.05, 0) is 24.0 Å². The Morgan fingerprint density at radius 3 is 2.60 bits per heavy atom. The van der Waals surface area contributed by atoms with Crippen LogP contribution in [0.15, 0.2) is 24.3 Å². The molecule has 2 N–H and O–H groups in total. The molecule has 0 aromatic heterocycles. The van der Waals surface area contributed by atoms with Crippen molar-refractivity contribution in [3.05, 3.63) is 35.4 Å². The Kier molecular flexibility index (Phi) is 4.98. The number of ether oxygens (including phenoxy) is 1. The summed E-state index contributed by atoms with van der Waals surface area (Å²) in [4.78, 5) is 22.4. The third kappa shape index (κ3) is 3.98. The summed E-state index contributed by atoms with van der Waals surface area (Å²) in [5, 5.41) is 5.05. The van der Waals surface area contributed by atoms with Gasteiger partial charge in [0.2, 0.25) is 5.91 Å². The van der Waals surface area contributed by atoms with E-state index >= 15 is 0 Å². The van der Waals surface area contributed by atoms with E-state index in [1.165, 1.54) is 18.4 Å². The number of β-lactam (4-membered cyclic amide) rings is 1. The smallest absolute Gasteiger partial charge is 0.408 e. The molecule has 1 heterocycles. The van der Waals surface area contributed by atoms with E-state index in [0.717, 1.165) is 12.0 Å². The van der Waals surface area contributed by atoms with E-state index in [9.17, 15) is 9.59 Å². The maximum absolute atomic E-state index is 11.5. The van der Waals surface area contributed by atoms with E-state index in [1.807, 2.05) is 12.1 Å². The molecule has 0 saturated carbocycles. The van der Waals surface area contributed by atoms with Crippen molar-refractivity contribution >= 4 is 12.0 Å². The molecule has 1 saturated heterocycles. The fourth-order valence-electron chi connectivity index (χ4n) is 1.92. The second-order valence-electron chi connectivity index (χ2n) is 4.94. The molecule has 1 fully saturated rings. The molecule has 5 heteroatoms. The Morgan fingerprint density at radius 1 is 1.35 bits per heavy atom. The summed E-state index contributed by atoms with van der Waals surface area (Å²) in [6, 6.07) is 7.61. The second-order valence-corrected chi connectivity index (χ2v) is 4.94. The summed E-state index contributed by atoms with van der Waals surface area (Å²) in [5.74, 6) is -0.165. The van der Waals surface area contributed by atoms with Crippen LogP contribution in [-0.4, -0.2) is 24.6 Å². The number of carbonyl (C=O) groups is 2. The molecule has 1 aromatic carbocycles. The van der Waals surface area contributed by atoms with E-state index < -0.39 is 12.1 Å². The summed E-state index contributed by atoms with van der Waals surface area (Å²) in [5.41, 5.74) is 2.24. The van der Waals surface area contributed by atoms with Crippen LogP contribution in [0.2, 0.25) is 0 Å². The number of hydrogen-bond donors (Lipinski definition) is 2. The summed E-state index contributed by atoms with van der Waals surface area (Å²) >= 11 is 0. The molecule has 0 unspecified atom stereocenters. The molecular weight excluding hydrogens is 256 g/mol. The van der Waals surface area contributed by atoms with Crippen LogP contribution in [0.1, 0.15) is 30.9 Å². The SMILES string of the molecule is CCCCc1ccc(COC(=O)N[C@H]2CNC2=O)cc1. The van der Waals surface area contributed by atoms with E-state index in [0.29, 0.717) is 6.54 Å². The fourth-order valence-corrected chi connectivity index (χ4v) is 1.92. The zero-order chi connectivity index (χ0) is 14.4. The molecule has 1 atom stereocenters. The second kappa shape index (κ2) is 6.93. The molecule has 2 amide bonds. The summed E-state index contributed by atoms with van der Waals surface area (Å²) in [7, 11) is 0. The predicted octanol–water partition coefficient (Wildman–Crippen LogP) is 1.75. The van der Waals surface area contributed by atoms with Crippen molar-refractivity contribution in [1.82, 2.24) is 10.6 Å². The van der Waals surface area contributed by atoms with E-state index in [1.54, 1.807) is 0 Å². The maximum atomic E-state index is 11.5. The van der Waals surface area contributed by atoms with Crippen molar-refractivity contribution in [2.75, 3.05) is 6.54 Å². The maximum Gasteiger partial charge on any atom is 0.408 e. The molecule has 0 spiro atoms. The van der Waals surface area contributed by atoms with Crippen molar-refractivity contribution in [2.45, 2.75) is 38.8 Å². The minimum atomic E-state index is -0.556. The number of nitrogens with one attached hydrogen (secondary N) is 2. The topological polar surface area (TPSA) is 67.4 Å². The Hall–Kier alpha value is -2.04. The van der Waals surface area contributed by atoms with Crippen molar-refractivity contribution in [2.24, 2.45) is 0 Å². The van der Waals surface area contributed by atoms with Crippen molar-refractivity contribution in [3.63, 3.8) is 0 Å². The predicted molar refractivity (Wildman–Crippen MR) is 75.2 cm³/mol. The highest BCUT2D eigenvalue weighted by Crippen LogP contribution is 2.09. The highest BCUT2D eigenvalue weighted by atomic mass is 16.5. The molecule has 1 aromatic rings. The van der Waals surface area contributed by atoms with Crippen LogP contribution in [0, 0.1) is 0 Å². The average molecular weight is 276 g/mol. The lowest BCUT2D eigenvalue weighted by molar-refractivity contribution is -0.128. The Balaban J connectivity index is 1.72. The number of rotatable bonds is 6. The number of benzene rings is 1. The number of aryl methyl sites for hydroxylation is 1. The van der Waals surface area contributed by atoms with E-state index in [-0.39, 0.29) is 12.5 Å². The molecule has 2 rings (SSSR count). The first-order chi connectivity index (χ1) is 9.69. The van der Waals surface area contributed by atoms with Gasteiger partial charge >= 0.3 is 6.09 Å². The van der Waals surface area contributed by atoms with Gasteiger partial charge in [-0.15, -0.1) is 0 Å². The quantitative estimate of drug-likeness (QED) is 0.778. The number of carbonyl (C=O) groups excluding carboxylic acids is 2. The molecule has 1 aliphatic rings. The fraction of sp³-hybridized carbons (Fsp3) is 0.467. The van der Waals surface area contributed by atoms with Gasteiger partial charge < -0.3 is 15.4 Å². The van der Waals surface area contributed by atoms with E-state index in [4.69, 9.17) is 4.74 Å². The third-order valence-corrected chi connectivity index (χ3v) is 3.30. The molecular formula is C15H20N2O3. The Morgan fingerprint density at radius 2 is 2.05 bits per heavy atom. The molecule has 0 radical (unpaired) electrons. The summed E-state index contributed by atoms with van der Waals surface area (Å²) < 4.78 is 5.07. The lowest BCUT2D eigenvalue weighted by Crippen LogP contribution is -2.61. The van der Waals surface area contributed by atoms with Gasteiger partial charge in [0.05, 0.1) is 0 Å². The molecule has 1 aliphatic heterocycles. The van der Waals surface area contributed by atoms with Crippen LogP contribution < -0.4 is 10.6 Å². The average Bonchev–Trinajstić information content (AvgIpc) is 2.48. The van der Waals surface area contributed by atoms with Crippen LogP contribution in [0.3, 0.4) is 0 Å². The number of hydrogen-bond acceptors (Lipinski definition) is 3. The Bertz CT molecular complexity index is 471. The normalized spacial score (nSPS) is 17.1. The monoisotopic (exact) mass is 276 g/mol. The van der Waals surface area contributed by atoms with Gasteiger partial charge in [-0.25, -0.2) is 4.79 Å². The van der Waals surface area contributed by atoms with Crippen LogP contribution in [0.25, 0.3) is 0 Å². The van der Waals surface area contributed by atoms with Crippen molar-refractivity contribution in [1.29, 1.82) is 0 Å². The first-order valence-corrected chi connectivity index (χ1v) is 6.98. The molecule has 0 bridgehead atoms. The number of amides is 2. The molecule has 5 nitrogen and oxygen atoms in total. The van der Waals surface area contributed by atoms with Gasteiger partial charge in [0, 0.05) is 6.54 Å².